The van der Waals surface area contributed by atoms with Crippen LogP contribution in [0.25, 0.3) is 0 Å². The highest BCUT2D eigenvalue weighted by Crippen LogP contribution is 2.27. The molecule has 24 heavy (non-hydrogen) atoms. The summed E-state index contributed by atoms with van der Waals surface area (Å²) in [7, 11) is -4.19. The largest absolute Gasteiger partial charge is 0.480 e. The van der Waals surface area contributed by atoms with E-state index in [0.29, 0.717) is 31.5 Å². The SMILES string of the molecule is CCN(CC(=O)O)C1CC(NS(=O)(=O)c2cc(F)c(F)c(F)c2)C1. The van der Waals surface area contributed by atoms with Gasteiger partial charge < -0.3 is 5.11 Å². The van der Waals surface area contributed by atoms with Gasteiger partial charge in [-0.1, -0.05) is 6.92 Å². The molecule has 0 aromatic heterocycles. The Morgan fingerprint density at radius 1 is 1.29 bits per heavy atom. The summed E-state index contributed by atoms with van der Waals surface area (Å²) in [5, 5.41) is 8.80. The lowest BCUT2D eigenvalue weighted by atomic mass is 9.86. The van der Waals surface area contributed by atoms with E-state index in [0.717, 1.165) is 0 Å². The Balaban J connectivity index is 2.01. The van der Waals surface area contributed by atoms with Crippen LogP contribution in [0.15, 0.2) is 17.0 Å². The molecule has 2 rings (SSSR count). The molecule has 0 unspecified atom stereocenters. The maximum atomic E-state index is 13.2. The van der Waals surface area contributed by atoms with Gasteiger partial charge in [-0.25, -0.2) is 26.3 Å². The zero-order valence-corrected chi connectivity index (χ0v) is 13.6. The lowest BCUT2D eigenvalue weighted by Gasteiger charge is -2.42. The molecular formula is C14H17F3N2O4S. The molecule has 0 amide bonds. The minimum absolute atomic E-state index is 0.0829. The van der Waals surface area contributed by atoms with Crippen LogP contribution in [0.1, 0.15) is 19.8 Å². The number of nitrogens with zero attached hydrogens (tertiary/aromatic N) is 1. The molecule has 0 saturated heterocycles. The molecule has 134 valence electrons. The Hall–Kier alpha value is -1.65. The molecule has 1 aliphatic rings. The van der Waals surface area contributed by atoms with Crippen LogP contribution >= 0.6 is 0 Å². The average molecular weight is 366 g/mol. The molecule has 0 aliphatic heterocycles. The number of carboxylic acids is 1. The van der Waals surface area contributed by atoms with Crippen molar-refractivity contribution in [1.82, 2.24) is 9.62 Å². The van der Waals surface area contributed by atoms with Crippen LogP contribution < -0.4 is 4.72 Å². The van der Waals surface area contributed by atoms with Gasteiger partial charge in [0.15, 0.2) is 17.5 Å². The Morgan fingerprint density at radius 3 is 2.29 bits per heavy atom. The number of rotatable bonds is 7. The fraction of sp³-hybridized carbons (Fsp3) is 0.500. The van der Waals surface area contributed by atoms with Crippen LogP contribution in [0.4, 0.5) is 13.2 Å². The third kappa shape index (κ3) is 4.05. The second-order valence-electron chi connectivity index (χ2n) is 5.60. The first-order chi connectivity index (χ1) is 11.1. The summed E-state index contributed by atoms with van der Waals surface area (Å²) in [6, 6.07) is 0.277. The summed E-state index contributed by atoms with van der Waals surface area (Å²) in [5.41, 5.74) is 0. The van der Waals surface area contributed by atoms with Gasteiger partial charge in [-0.05, 0) is 31.5 Å². The standard InChI is InChI=1S/C14H17F3N2O4S/c1-2-19(7-13(20)21)9-3-8(4-9)18-24(22,23)10-5-11(15)14(17)12(16)6-10/h5-6,8-9,18H,2-4,7H2,1H3,(H,20,21). The van der Waals surface area contributed by atoms with Gasteiger partial charge in [0.25, 0.3) is 0 Å². The molecule has 0 spiro atoms. The molecule has 1 aliphatic carbocycles. The van der Waals surface area contributed by atoms with Crippen molar-refractivity contribution in [3.05, 3.63) is 29.6 Å². The number of hydrogen-bond acceptors (Lipinski definition) is 4. The minimum Gasteiger partial charge on any atom is -0.480 e. The van der Waals surface area contributed by atoms with E-state index in [1.165, 1.54) is 0 Å². The van der Waals surface area contributed by atoms with Crippen molar-refractivity contribution < 1.29 is 31.5 Å². The van der Waals surface area contributed by atoms with E-state index in [1.807, 2.05) is 0 Å². The molecule has 1 aromatic carbocycles. The second kappa shape index (κ2) is 7.08. The Labute approximate surface area is 137 Å². The van der Waals surface area contributed by atoms with Crippen molar-refractivity contribution in [2.24, 2.45) is 0 Å². The first-order valence-electron chi connectivity index (χ1n) is 7.26. The zero-order chi connectivity index (χ0) is 18.1. The summed E-state index contributed by atoms with van der Waals surface area (Å²) in [4.78, 5) is 11.7. The van der Waals surface area contributed by atoms with E-state index in [2.05, 4.69) is 4.72 Å². The highest BCUT2D eigenvalue weighted by molar-refractivity contribution is 7.89. The second-order valence-corrected chi connectivity index (χ2v) is 7.32. The van der Waals surface area contributed by atoms with Crippen molar-refractivity contribution in [1.29, 1.82) is 0 Å². The van der Waals surface area contributed by atoms with E-state index in [4.69, 9.17) is 5.11 Å². The lowest BCUT2D eigenvalue weighted by Crippen LogP contribution is -2.54. The number of benzene rings is 1. The number of carbonyl (C=O) groups is 1. The van der Waals surface area contributed by atoms with Gasteiger partial charge in [-0.2, -0.15) is 0 Å². The van der Waals surface area contributed by atoms with Crippen molar-refractivity contribution in [3.63, 3.8) is 0 Å². The van der Waals surface area contributed by atoms with Crippen molar-refractivity contribution in [3.8, 4) is 0 Å². The number of nitrogens with one attached hydrogen (secondary N) is 1. The Kier molecular flexibility index (Phi) is 5.51. The molecule has 0 heterocycles. The van der Waals surface area contributed by atoms with Gasteiger partial charge in [0.05, 0.1) is 11.4 Å². The maximum Gasteiger partial charge on any atom is 0.317 e. The summed E-state index contributed by atoms with van der Waals surface area (Å²) in [5.74, 6) is -5.87. The Morgan fingerprint density at radius 2 is 1.83 bits per heavy atom. The highest BCUT2D eigenvalue weighted by Gasteiger charge is 2.36. The number of aliphatic carboxylic acids is 1. The topological polar surface area (TPSA) is 86.7 Å². The fourth-order valence-electron chi connectivity index (χ4n) is 2.63. The molecule has 6 nitrogen and oxygen atoms in total. The van der Waals surface area contributed by atoms with Gasteiger partial charge in [-0.3, -0.25) is 9.69 Å². The minimum atomic E-state index is -4.19. The number of carboxylic acid groups (broad SMARTS) is 1. The molecule has 2 N–H and O–H groups in total. The van der Waals surface area contributed by atoms with E-state index in [9.17, 15) is 26.4 Å². The summed E-state index contributed by atoms with van der Waals surface area (Å²) >= 11 is 0. The smallest absolute Gasteiger partial charge is 0.317 e. The first kappa shape index (κ1) is 18.7. The van der Waals surface area contributed by atoms with Crippen LogP contribution in [-0.4, -0.2) is 49.6 Å². The van der Waals surface area contributed by atoms with Gasteiger partial charge >= 0.3 is 5.97 Å². The molecule has 0 bridgehead atoms. The van der Waals surface area contributed by atoms with Crippen LogP contribution in [0, 0.1) is 17.5 Å². The van der Waals surface area contributed by atoms with Crippen LogP contribution in [0.3, 0.4) is 0 Å². The molecular weight excluding hydrogens is 349 g/mol. The van der Waals surface area contributed by atoms with E-state index >= 15 is 0 Å². The monoisotopic (exact) mass is 366 g/mol. The van der Waals surface area contributed by atoms with Gasteiger partial charge in [0.1, 0.15) is 0 Å². The van der Waals surface area contributed by atoms with E-state index < -0.39 is 44.4 Å². The lowest BCUT2D eigenvalue weighted by molar-refractivity contribution is -0.139. The third-order valence-electron chi connectivity index (χ3n) is 3.96. The molecule has 1 saturated carbocycles. The van der Waals surface area contributed by atoms with Crippen molar-refractivity contribution >= 4 is 16.0 Å². The van der Waals surface area contributed by atoms with Crippen LogP contribution in [-0.2, 0) is 14.8 Å². The third-order valence-corrected chi connectivity index (χ3v) is 5.46. The zero-order valence-electron chi connectivity index (χ0n) is 12.8. The van der Waals surface area contributed by atoms with Crippen molar-refractivity contribution in [2.75, 3.05) is 13.1 Å². The van der Waals surface area contributed by atoms with Gasteiger partial charge in [0, 0.05) is 12.1 Å². The average Bonchev–Trinajstić information content (AvgIpc) is 2.45. The predicted molar refractivity (Wildman–Crippen MR) is 78.3 cm³/mol. The fourth-order valence-corrected chi connectivity index (χ4v) is 3.91. The maximum absolute atomic E-state index is 13.2. The van der Waals surface area contributed by atoms with Crippen molar-refractivity contribution in [2.45, 2.75) is 36.7 Å². The number of hydrogen-bond donors (Lipinski definition) is 2. The van der Waals surface area contributed by atoms with Crippen LogP contribution in [0.5, 0.6) is 0 Å². The molecule has 0 atom stereocenters. The van der Waals surface area contributed by atoms with Gasteiger partial charge in [-0.15, -0.1) is 0 Å². The number of likely N-dealkylation sites (N-methyl/N-ethyl adjacent to an activating group) is 1. The predicted octanol–water partition coefficient (Wildman–Crippen LogP) is 1.32. The Bertz CT molecular complexity index is 713. The number of halogens is 3. The normalized spacial score (nSPS) is 20.9. The molecule has 1 aromatic rings. The summed E-state index contributed by atoms with van der Waals surface area (Å²) in [6.07, 6.45) is 0.763. The van der Waals surface area contributed by atoms with Gasteiger partial charge in [0.2, 0.25) is 10.0 Å². The summed E-state index contributed by atoms with van der Waals surface area (Å²) in [6.45, 7) is 2.16. The van der Waals surface area contributed by atoms with E-state index in [-0.39, 0.29) is 12.6 Å². The first-order valence-corrected chi connectivity index (χ1v) is 8.75. The molecule has 10 heteroatoms. The number of sulfonamides is 1. The highest BCUT2D eigenvalue weighted by atomic mass is 32.2. The van der Waals surface area contributed by atoms with E-state index in [1.54, 1.807) is 11.8 Å². The van der Waals surface area contributed by atoms with Crippen LogP contribution in [0.2, 0.25) is 0 Å². The molecule has 0 radical (unpaired) electrons. The quantitative estimate of drug-likeness (QED) is 0.711. The summed E-state index contributed by atoms with van der Waals surface area (Å²) < 4.78 is 65.7. The molecule has 1 fully saturated rings.